The fourth-order valence-electron chi connectivity index (χ4n) is 0.768. The molecular weight excluding hydrogens is 160 g/mol. The lowest BCUT2D eigenvalue weighted by molar-refractivity contribution is -0.135. The van der Waals surface area contributed by atoms with Crippen LogP contribution >= 0.6 is 0 Å². The molecule has 4 nitrogen and oxygen atoms in total. The van der Waals surface area contributed by atoms with Gasteiger partial charge in [0, 0.05) is 11.6 Å². The number of carboxylic acids is 2. The van der Waals surface area contributed by atoms with E-state index in [2.05, 4.69) is 0 Å². The molecule has 0 saturated heterocycles. The quantitative estimate of drug-likeness (QED) is 0.623. The van der Waals surface area contributed by atoms with E-state index >= 15 is 0 Å². The van der Waals surface area contributed by atoms with Crippen LogP contribution in [0.25, 0.3) is 0 Å². The van der Waals surface area contributed by atoms with Crippen LogP contribution in [0.1, 0.15) is 20.3 Å². The number of carboxylic acid groups (broad SMARTS) is 2. The third-order valence-electron chi connectivity index (χ3n) is 1.67. The van der Waals surface area contributed by atoms with Crippen molar-refractivity contribution in [2.75, 3.05) is 0 Å². The molecule has 1 unspecified atom stereocenters. The minimum Gasteiger partial charge on any atom is -0.478 e. The summed E-state index contributed by atoms with van der Waals surface area (Å²) in [6.07, 6.45) is 1.36. The van der Waals surface area contributed by atoms with Gasteiger partial charge in [0.1, 0.15) is 0 Å². The van der Waals surface area contributed by atoms with E-state index in [1.165, 1.54) is 0 Å². The van der Waals surface area contributed by atoms with Crippen LogP contribution in [0, 0.1) is 5.92 Å². The van der Waals surface area contributed by atoms with Gasteiger partial charge in [0.25, 0.3) is 0 Å². The van der Waals surface area contributed by atoms with Gasteiger partial charge in [-0.2, -0.15) is 0 Å². The van der Waals surface area contributed by atoms with E-state index in [0.29, 0.717) is 6.42 Å². The second-order valence-corrected chi connectivity index (χ2v) is 2.55. The van der Waals surface area contributed by atoms with E-state index in [-0.39, 0.29) is 11.5 Å². The summed E-state index contributed by atoms with van der Waals surface area (Å²) in [4.78, 5) is 20.7. The standard InChI is InChI=1S/C8H12O4/c1-3-5(2)6(8(11)12)4-7(9)10/h4-5H,3H2,1-2H3,(H,9,10)(H,11,12). The first-order valence-electron chi connectivity index (χ1n) is 3.66. The van der Waals surface area contributed by atoms with E-state index in [0.717, 1.165) is 6.08 Å². The Labute approximate surface area is 70.5 Å². The van der Waals surface area contributed by atoms with Crippen LogP contribution in [0.2, 0.25) is 0 Å². The van der Waals surface area contributed by atoms with Crippen molar-refractivity contribution < 1.29 is 19.8 Å². The zero-order valence-corrected chi connectivity index (χ0v) is 7.07. The van der Waals surface area contributed by atoms with E-state index < -0.39 is 11.9 Å². The number of aliphatic carboxylic acids is 2. The van der Waals surface area contributed by atoms with Gasteiger partial charge in [-0.3, -0.25) is 0 Å². The summed E-state index contributed by atoms with van der Waals surface area (Å²) in [5.41, 5.74) is -0.0509. The van der Waals surface area contributed by atoms with Gasteiger partial charge in [0.2, 0.25) is 0 Å². The lowest BCUT2D eigenvalue weighted by Gasteiger charge is -2.07. The van der Waals surface area contributed by atoms with E-state index in [9.17, 15) is 9.59 Å². The minimum absolute atomic E-state index is 0.0509. The van der Waals surface area contributed by atoms with Crippen molar-refractivity contribution in [2.45, 2.75) is 20.3 Å². The van der Waals surface area contributed by atoms with Gasteiger partial charge in [-0.15, -0.1) is 0 Å². The molecule has 4 heteroatoms. The molecule has 0 heterocycles. The molecule has 0 aromatic heterocycles. The Morgan fingerprint density at radius 3 is 2.17 bits per heavy atom. The van der Waals surface area contributed by atoms with Gasteiger partial charge in [-0.05, 0) is 12.3 Å². The summed E-state index contributed by atoms with van der Waals surface area (Å²) < 4.78 is 0. The highest BCUT2D eigenvalue weighted by Crippen LogP contribution is 2.13. The van der Waals surface area contributed by atoms with Crippen molar-refractivity contribution in [3.05, 3.63) is 11.6 Å². The molecule has 0 radical (unpaired) electrons. The number of hydrogen-bond acceptors (Lipinski definition) is 2. The Morgan fingerprint density at radius 1 is 1.42 bits per heavy atom. The molecule has 0 aromatic rings. The smallest absolute Gasteiger partial charge is 0.332 e. The van der Waals surface area contributed by atoms with Gasteiger partial charge in [0.05, 0.1) is 0 Å². The molecule has 0 saturated carbocycles. The second-order valence-electron chi connectivity index (χ2n) is 2.55. The van der Waals surface area contributed by atoms with Crippen molar-refractivity contribution in [2.24, 2.45) is 5.92 Å². The first kappa shape index (κ1) is 10.7. The zero-order chi connectivity index (χ0) is 9.72. The summed E-state index contributed by atoms with van der Waals surface area (Å²) in [5.74, 6) is -2.60. The van der Waals surface area contributed by atoms with Crippen LogP contribution in [0.5, 0.6) is 0 Å². The van der Waals surface area contributed by atoms with Crippen LogP contribution in [-0.2, 0) is 9.59 Å². The van der Waals surface area contributed by atoms with Crippen molar-refractivity contribution in [3.8, 4) is 0 Å². The molecule has 0 rings (SSSR count). The fraction of sp³-hybridized carbons (Fsp3) is 0.500. The molecular formula is C8H12O4. The highest BCUT2D eigenvalue weighted by Gasteiger charge is 2.15. The Kier molecular flexibility index (Phi) is 4.04. The van der Waals surface area contributed by atoms with Crippen molar-refractivity contribution >= 4 is 11.9 Å². The highest BCUT2D eigenvalue weighted by atomic mass is 16.4. The molecule has 0 aromatic carbocycles. The molecule has 2 N–H and O–H groups in total. The average molecular weight is 172 g/mol. The molecule has 0 aliphatic heterocycles. The summed E-state index contributed by atoms with van der Waals surface area (Å²) >= 11 is 0. The van der Waals surface area contributed by atoms with Crippen LogP contribution in [0.15, 0.2) is 11.6 Å². The van der Waals surface area contributed by atoms with Crippen LogP contribution < -0.4 is 0 Å². The highest BCUT2D eigenvalue weighted by molar-refractivity contribution is 5.94. The SMILES string of the molecule is CCC(C)C(=CC(=O)O)C(=O)O. The zero-order valence-electron chi connectivity index (χ0n) is 7.07. The Bertz CT molecular complexity index is 217. The molecule has 68 valence electrons. The van der Waals surface area contributed by atoms with Crippen molar-refractivity contribution in [3.63, 3.8) is 0 Å². The summed E-state index contributed by atoms with van der Waals surface area (Å²) in [6.45, 7) is 3.49. The molecule has 0 fully saturated rings. The predicted molar refractivity (Wildman–Crippen MR) is 42.8 cm³/mol. The third-order valence-corrected chi connectivity index (χ3v) is 1.67. The van der Waals surface area contributed by atoms with Gasteiger partial charge >= 0.3 is 11.9 Å². The number of rotatable bonds is 4. The Balaban J connectivity index is 4.66. The topological polar surface area (TPSA) is 74.6 Å². The van der Waals surface area contributed by atoms with Crippen molar-refractivity contribution in [1.29, 1.82) is 0 Å². The van der Waals surface area contributed by atoms with Crippen molar-refractivity contribution in [1.82, 2.24) is 0 Å². The monoisotopic (exact) mass is 172 g/mol. The maximum absolute atomic E-state index is 10.5. The van der Waals surface area contributed by atoms with E-state index in [1.54, 1.807) is 6.92 Å². The molecule has 0 bridgehead atoms. The third kappa shape index (κ3) is 3.18. The average Bonchev–Trinajstić information content (AvgIpc) is 1.98. The number of carbonyl (C=O) groups is 2. The second kappa shape index (κ2) is 4.54. The first-order valence-corrected chi connectivity index (χ1v) is 3.66. The lowest BCUT2D eigenvalue weighted by Crippen LogP contribution is -2.11. The van der Waals surface area contributed by atoms with E-state index in [4.69, 9.17) is 10.2 Å². The van der Waals surface area contributed by atoms with Crippen LogP contribution in [0.4, 0.5) is 0 Å². The maximum atomic E-state index is 10.5. The largest absolute Gasteiger partial charge is 0.478 e. The summed E-state index contributed by atoms with van der Waals surface area (Å²) in [6, 6.07) is 0. The molecule has 0 aliphatic carbocycles. The van der Waals surface area contributed by atoms with E-state index in [1.807, 2.05) is 6.92 Å². The molecule has 0 amide bonds. The normalized spacial score (nSPS) is 14.0. The lowest BCUT2D eigenvalue weighted by atomic mass is 9.98. The summed E-state index contributed by atoms with van der Waals surface area (Å²) in [7, 11) is 0. The number of hydrogen-bond donors (Lipinski definition) is 2. The predicted octanol–water partition coefficient (Wildman–Crippen LogP) is 1.13. The van der Waals surface area contributed by atoms with Crippen LogP contribution in [-0.4, -0.2) is 22.2 Å². The van der Waals surface area contributed by atoms with Gasteiger partial charge in [-0.1, -0.05) is 13.8 Å². The van der Waals surface area contributed by atoms with Crippen LogP contribution in [0.3, 0.4) is 0 Å². The summed E-state index contributed by atoms with van der Waals surface area (Å²) in [5, 5.41) is 16.9. The van der Waals surface area contributed by atoms with Gasteiger partial charge < -0.3 is 10.2 Å². The molecule has 12 heavy (non-hydrogen) atoms. The molecule has 0 spiro atoms. The fourth-order valence-corrected chi connectivity index (χ4v) is 0.768. The Hall–Kier alpha value is -1.32. The van der Waals surface area contributed by atoms with Gasteiger partial charge in [0.15, 0.2) is 0 Å². The first-order chi connectivity index (χ1) is 5.49. The molecule has 0 aliphatic rings. The molecule has 1 atom stereocenters. The van der Waals surface area contributed by atoms with Gasteiger partial charge in [-0.25, -0.2) is 9.59 Å². The maximum Gasteiger partial charge on any atom is 0.332 e. The Morgan fingerprint density at radius 2 is 1.92 bits per heavy atom. The minimum atomic E-state index is -1.22.